The van der Waals surface area contributed by atoms with Crippen LogP contribution in [-0.4, -0.2) is 48.9 Å². The van der Waals surface area contributed by atoms with E-state index in [-0.39, 0.29) is 25.6 Å². The third kappa shape index (κ3) is 6.40. The standard InChI is InChI=1S/C22H29N3O4S/c1-4-6-12-25(13-17(23)26)14-18(27)24-21-20(22(28)29-5-2)19(15(3)30-21)16-10-8-7-9-11-16/h7-11H,4-6,12-14H2,1-3H3,(H2,23,26)(H,24,27). The summed E-state index contributed by atoms with van der Waals surface area (Å²) in [6.45, 7) is 6.54. The molecule has 7 nitrogen and oxygen atoms in total. The Morgan fingerprint density at radius 3 is 2.43 bits per heavy atom. The van der Waals surface area contributed by atoms with Crippen LogP contribution in [0.25, 0.3) is 11.1 Å². The Balaban J connectivity index is 2.30. The highest BCUT2D eigenvalue weighted by Crippen LogP contribution is 2.40. The average Bonchev–Trinajstić information content (AvgIpc) is 3.02. The number of amides is 2. The lowest BCUT2D eigenvalue weighted by atomic mass is 10.0. The Morgan fingerprint density at radius 2 is 1.83 bits per heavy atom. The Hall–Kier alpha value is -2.71. The minimum atomic E-state index is -0.482. The molecule has 2 amide bonds. The average molecular weight is 432 g/mol. The number of anilines is 1. The van der Waals surface area contributed by atoms with Gasteiger partial charge in [0.25, 0.3) is 0 Å². The van der Waals surface area contributed by atoms with Gasteiger partial charge in [0.15, 0.2) is 0 Å². The van der Waals surface area contributed by atoms with E-state index in [2.05, 4.69) is 5.32 Å². The molecule has 1 aromatic carbocycles. The highest BCUT2D eigenvalue weighted by Gasteiger charge is 2.26. The largest absolute Gasteiger partial charge is 0.462 e. The number of nitrogens with one attached hydrogen (secondary N) is 1. The monoisotopic (exact) mass is 431 g/mol. The molecular weight excluding hydrogens is 402 g/mol. The van der Waals surface area contributed by atoms with Crippen molar-refractivity contribution in [3.05, 3.63) is 40.8 Å². The van der Waals surface area contributed by atoms with Gasteiger partial charge in [-0.05, 0) is 32.4 Å². The zero-order chi connectivity index (χ0) is 22.1. The number of aryl methyl sites for hydroxylation is 1. The normalized spacial score (nSPS) is 10.8. The number of carbonyl (C=O) groups is 3. The van der Waals surface area contributed by atoms with Gasteiger partial charge < -0.3 is 15.8 Å². The van der Waals surface area contributed by atoms with E-state index in [0.717, 1.165) is 28.8 Å². The fourth-order valence-electron chi connectivity index (χ4n) is 3.17. The van der Waals surface area contributed by atoms with E-state index in [1.165, 1.54) is 11.3 Å². The summed E-state index contributed by atoms with van der Waals surface area (Å²) in [5.41, 5.74) is 7.30. The molecule has 8 heteroatoms. The summed E-state index contributed by atoms with van der Waals surface area (Å²) in [5, 5.41) is 3.29. The number of carbonyl (C=O) groups excluding carboxylic acids is 3. The molecule has 162 valence electrons. The van der Waals surface area contributed by atoms with Gasteiger partial charge in [-0.25, -0.2) is 4.79 Å². The SMILES string of the molecule is CCCCN(CC(N)=O)CC(=O)Nc1sc(C)c(-c2ccccc2)c1C(=O)OCC. The van der Waals surface area contributed by atoms with Crippen molar-refractivity contribution in [2.45, 2.75) is 33.6 Å². The summed E-state index contributed by atoms with van der Waals surface area (Å²) in [4.78, 5) is 39.4. The molecule has 1 aromatic heterocycles. The van der Waals surface area contributed by atoms with Crippen LogP contribution in [0.1, 0.15) is 41.9 Å². The number of hydrogen-bond acceptors (Lipinski definition) is 6. The van der Waals surface area contributed by atoms with Crippen LogP contribution in [0.2, 0.25) is 0 Å². The van der Waals surface area contributed by atoms with Gasteiger partial charge in [0.2, 0.25) is 11.8 Å². The maximum absolute atomic E-state index is 12.7. The van der Waals surface area contributed by atoms with Crippen LogP contribution in [0.15, 0.2) is 30.3 Å². The molecule has 1 heterocycles. The number of primary amides is 1. The molecule has 0 saturated heterocycles. The summed E-state index contributed by atoms with van der Waals surface area (Å²) in [7, 11) is 0. The van der Waals surface area contributed by atoms with Crippen LogP contribution in [0.3, 0.4) is 0 Å². The van der Waals surface area contributed by atoms with Crippen LogP contribution >= 0.6 is 11.3 Å². The zero-order valence-corrected chi connectivity index (χ0v) is 18.5. The lowest BCUT2D eigenvalue weighted by Crippen LogP contribution is -2.39. The first-order valence-electron chi connectivity index (χ1n) is 10.0. The van der Waals surface area contributed by atoms with Gasteiger partial charge in [0.05, 0.1) is 19.7 Å². The first-order chi connectivity index (χ1) is 14.4. The molecule has 0 aliphatic carbocycles. The maximum Gasteiger partial charge on any atom is 0.341 e. The molecule has 0 saturated carbocycles. The highest BCUT2D eigenvalue weighted by atomic mass is 32.1. The van der Waals surface area contributed by atoms with Gasteiger partial charge in [-0.2, -0.15) is 0 Å². The molecule has 2 rings (SSSR count). The van der Waals surface area contributed by atoms with Crippen LogP contribution in [-0.2, 0) is 14.3 Å². The molecule has 2 aromatic rings. The second-order valence-corrected chi connectivity index (χ2v) is 8.13. The van der Waals surface area contributed by atoms with Crippen molar-refractivity contribution >= 4 is 34.1 Å². The van der Waals surface area contributed by atoms with Crippen LogP contribution in [0, 0.1) is 6.92 Å². The highest BCUT2D eigenvalue weighted by molar-refractivity contribution is 7.17. The molecule has 0 aliphatic heterocycles. The first kappa shape index (κ1) is 23.6. The predicted molar refractivity (Wildman–Crippen MR) is 120 cm³/mol. The number of thiophene rings is 1. The number of nitrogens with two attached hydrogens (primary N) is 1. The van der Waals surface area contributed by atoms with Gasteiger partial charge in [-0.15, -0.1) is 11.3 Å². The minimum Gasteiger partial charge on any atom is -0.462 e. The van der Waals surface area contributed by atoms with Gasteiger partial charge in [0.1, 0.15) is 10.6 Å². The van der Waals surface area contributed by atoms with E-state index in [1.807, 2.05) is 44.2 Å². The molecule has 0 spiro atoms. The number of ether oxygens (including phenoxy) is 1. The predicted octanol–water partition coefficient (Wildman–Crippen LogP) is 3.43. The van der Waals surface area contributed by atoms with Crippen molar-refractivity contribution in [3.8, 4) is 11.1 Å². The van der Waals surface area contributed by atoms with Gasteiger partial charge >= 0.3 is 5.97 Å². The molecule has 3 N–H and O–H groups in total. The third-order valence-corrected chi connectivity index (χ3v) is 5.47. The third-order valence-electron chi connectivity index (χ3n) is 4.45. The Morgan fingerprint density at radius 1 is 1.13 bits per heavy atom. The molecular formula is C22H29N3O4S. The second-order valence-electron chi connectivity index (χ2n) is 6.90. The van der Waals surface area contributed by atoms with E-state index in [0.29, 0.717) is 17.1 Å². The van der Waals surface area contributed by atoms with Crippen molar-refractivity contribution < 1.29 is 19.1 Å². The summed E-state index contributed by atoms with van der Waals surface area (Å²) in [6.07, 6.45) is 1.79. The molecule has 0 atom stereocenters. The first-order valence-corrected chi connectivity index (χ1v) is 10.8. The van der Waals surface area contributed by atoms with Crippen LogP contribution in [0.4, 0.5) is 5.00 Å². The van der Waals surface area contributed by atoms with Crippen molar-refractivity contribution in [2.75, 3.05) is 31.6 Å². The van der Waals surface area contributed by atoms with Gasteiger partial charge in [-0.1, -0.05) is 43.7 Å². The molecule has 0 aliphatic rings. The molecule has 0 fully saturated rings. The molecule has 0 bridgehead atoms. The number of esters is 1. The van der Waals surface area contributed by atoms with Crippen LogP contribution < -0.4 is 11.1 Å². The van der Waals surface area contributed by atoms with Crippen molar-refractivity contribution in [3.63, 3.8) is 0 Å². The van der Waals surface area contributed by atoms with E-state index in [4.69, 9.17) is 10.5 Å². The lowest BCUT2D eigenvalue weighted by molar-refractivity contribution is -0.121. The lowest BCUT2D eigenvalue weighted by Gasteiger charge is -2.19. The topological polar surface area (TPSA) is 102 Å². The summed E-state index contributed by atoms with van der Waals surface area (Å²) in [5.74, 6) is -1.26. The van der Waals surface area contributed by atoms with E-state index in [1.54, 1.807) is 11.8 Å². The number of benzene rings is 1. The number of nitrogens with zero attached hydrogens (tertiary/aromatic N) is 1. The fourth-order valence-corrected chi connectivity index (χ4v) is 4.25. The smallest absolute Gasteiger partial charge is 0.341 e. The van der Waals surface area contributed by atoms with Crippen molar-refractivity contribution in [1.82, 2.24) is 4.90 Å². The molecule has 30 heavy (non-hydrogen) atoms. The number of hydrogen-bond donors (Lipinski definition) is 2. The molecule has 0 radical (unpaired) electrons. The van der Waals surface area contributed by atoms with E-state index >= 15 is 0 Å². The molecule has 0 unspecified atom stereocenters. The second kappa shape index (κ2) is 11.5. The van der Waals surface area contributed by atoms with Gasteiger partial charge in [0, 0.05) is 10.4 Å². The summed E-state index contributed by atoms with van der Waals surface area (Å²) in [6, 6.07) is 9.54. The van der Waals surface area contributed by atoms with E-state index < -0.39 is 11.9 Å². The quantitative estimate of drug-likeness (QED) is 0.531. The number of unbranched alkanes of at least 4 members (excludes halogenated alkanes) is 1. The summed E-state index contributed by atoms with van der Waals surface area (Å²) >= 11 is 1.33. The van der Waals surface area contributed by atoms with Crippen LogP contribution in [0.5, 0.6) is 0 Å². The Bertz CT molecular complexity index is 880. The Labute approximate surface area is 181 Å². The maximum atomic E-state index is 12.7. The number of rotatable bonds is 11. The van der Waals surface area contributed by atoms with Gasteiger partial charge in [-0.3, -0.25) is 14.5 Å². The van der Waals surface area contributed by atoms with Crippen molar-refractivity contribution in [2.24, 2.45) is 5.73 Å². The zero-order valence-electron chi connectivity index (χ0n) is 17.7. The minimum absolute atomic E-state index is 0.0108. The summed E-state index contributed by atoms with van der Waals surface area (Å²) < 4.78 is 5.26. The van der Waals surface area contributed by atoms with Crippen molar-refractivity contribution in [1.29, 1.82) is 0 Å². The Kier molecular flexibility index (Phi) is 9.01. The van der Waals surface area contributed by atoms with E-state index in [9.17, 15) is 14.4 Å². The fraction of sp³-hybridized carbons (Fsp3) is 0.409.